The van der Waals surface area contributed by atoms with Crippen molar-refractivity contribution in [2.24, 2.45) is 7.05 Å². The Balaban J connectivity index is 2.95. The van der Waals surface area contributed by atoms with Crippen molar-refractivity contribution in [3.63, 3.8) is 0 Å². The number of carbonyl (C=O) groups is 1. The second-order valence-electron chi connectivity index (χ2n) is 3.16. The number of fused-ring (bicyclic) bond motifs is 1. The number of carboxylic acids is 1. The lowest BCUT2D eigenvalue weighted by Crippen LogP contribution is -2.23. The number of aromatic carboxylic acids is 1. The third-order valence-electron chi connectivity index (χ3n) is 2.26. The number of hydrogen-bond acceptors (Lipinski definition) is 3. The van der Waals surface area contributed by atoms with E-state index >= 15 is 0 Å². The predicted octanol–water partition coefficient (Wildman–Crippen LogP) is 0.632. The minimum absolute atomic E-state index is 0.0412. The molecule has 1 N–H and O–H groups in total. The first kappa shape index (κ1) is 9.39. The van der Waals surface area contributed by atoms with Crippen LogP contribution in [0.15, 0.2) is 29.3 Å². The summed E-state index contributed by atoms with van der Waals surface area (Å²) in [7, 11) is 1.44. The molecule has 76 valence electrons. The molecule has 5 heteroatoms. The van der Waals surface area contributed by atoms with Crippen LogP contribution in [-0.4, -0.2) is 20.6 Å². The highest BCUT2D eigenvalue weighted by atomic mass is 16.4. The van der Waals surface area contributed by atoms with Gasteiger partial charge in [-0.3, -0.25) is 9.78 Å². The molecule has 2 rings (SSSR count). The lowest BCUT2D eigenvalue weighted by Gasteiger charge is -2.05. The highest BCUT2D eigenvalue weighted by molar-refractivity contribution is 5.91. The van der Waals surface area contributed by atoms with E-state index in [0.717, 1.165) is 4.57 Å². The van der Waals surface area contributed by atoms with Gasteiger partial charge in [-0.05, 0) is 12.1 Å². The standard InChI is InChI=1S/C10H8N2O3/c1-12-8(10(14)15)4-6-5-11-3-2-7(6)9(12)13/h2-5H,1H3,(H,14,15). The van der Waals surface area contributed by atoms with Crippen molar-refractivity contribution in [3.8, 4) is 0 Å². The molecule has 0 aliphatic heterocycles. The van der Waals surface area contributed by atoms with Crippen molar-refractivity contribution in [3.05, 3.63) is 40.6 Å². The number of pyridine rings is 2. The molecule has 0 aromatic carbocycles. The van der Waals surface area contributed by atoms with E-state index < -0.39 is 5.97 Å². The molecule has 0 radical (unpaired) electrons. The topological polar surface area (TPSA) is 72.2 Å². The van der Waals surface area contributed by atoms with Gasteiger partial charge in [0, 0.05) is 24.8 Å². The molecule has 2 aromatic heterocycles. The Morgan fingerprint density at radius 1 is 1.53 bits per heavy atom. The van der Waals surface area contributed by atoms with Gasteiger partial charge in [0.1, 0.15) is 5.69 Å². The SMILES string of the molecule is Cn1c(C(=O)O)cc2cnccc2c1=O. The molecule has 0 aliphatic carbocycles. The third kappa shape index (κ3) is 1.38. The number of carboxylic acid groups (broad SMARTS) is 1. The fourth-order valence-corrected chi connectivity index (χ4v) is 1.46. The molecule has 2 heterocycles. The number of rotatable bonds is 1. The zero-order chi connectivity index (χ0) is 11.0. The Morgan fingerprint density at radius 2 is 2.27 bits per heavy atom. The maximum atomic E-state index is 11.7. The van der Waals surface area contributed by atoms with Crippen LogP contribution in [0.25, 0.3) is 10.8 Å². The fourth-order valence-electron chi connectivity index (χ4n) is 1.46. The Bertz CT molecular complexity index is 601. The molecule has 0 unspecified atom stereocenters. The Kier molecular flexibility index (Phi) is 2.00. The number of aromatic nitrogens is 2. The van der Waals surface area contributed by atoms with Crippen molar-refractivity contribution in [1.82, 2.24) is 9.55 Å². The summed E-state index contributed by atoms with van der Waals surface area (Å²) < 4.78 is 1.12. The van der Waals surface area contributed by atoms with Crippen molar-refractivity contribution in [1.29, 1.82) is 0 Å². The lowest BCUT2D eigenvalue weighted by molar-refractivity contribution is 0.0685. The Hall–Kier alpha value is -2.17. The van der Waals surface area contributed by atoms with Crippen LogP contribution in [0.2, 0.25) is 0 Å². The summed E-state index contributed by atoms with van der Waals surface area (Å²) in [5.74, 6) is -1.12. The summed E-state index contributed by atoms with van der Waals surface area (Å²) in [6, 6.07) is 3.01. The van der Waals surface area contributed by atoms with Crippen LogP contribution < -0.4 is 5.56 Å². The van der Waals surface area contributed by atoms with E-state index in [1.165, 1.54) is 25.5 Å². The maximum Gasteiger partial charge on any atom is 0.352 e. The summed E-state index contributed by atoms with van der Waals surface area (Å²) in [5, 5.41) is 9.88. The summed E-state index contributed by atoms with van der Waals surface area (Å²) in [6.07, 6.45) is 2.98. The lowest BCUT2D eigenvalue weighted by atomic mass is 10.2. The van der Waals surface area contributed by atoms with E-state index in [-0.39, 0.29) is 11.3 Å². The van der Waals surface area contributed by atoms with E-state index in [1.807, 2.05) is 0 Å². The molecule has 0 spiro atoms. The largest absolute Gasteiger partial charge is 0.477 e. The van der Waals surface area contributed by atoms with Gasteiger partial charge in [0.05, 0.1) is 5.39 Å². The monoisotopic (exact) mass is 204 g/mol. The minimum atomic E-state index is -1.12. The first-order chi connectivity index (χ1) is 7.11. The van der Waals surface area contributed by atoms with Gasteiger partial charge in [0.25, 0.3) is 5.56 Å². The van der Waals surface area contributed by atoms with Gasteiger partial charge in [-0.2, -0.15) is 0 Å². The molecule has 5 nitrogen and oxygen atoms in total. The first-order valence-corrected chi connectivity index (χ1v) is 4.28. The van der Waals surface area contributed by atoms with Gasteiger partial charge < -0.3 is 9.67 Å². The number of hydrogen-bond donors (Lipinski definition) is 1. The van der Waals surface area contributed by atoms with Crippen LogP contribution in [0.3, 0.4) is 0 Å². The third-order valence-corrected chi connectivity index (χ3v) is 2.26. The van der Waals surface area contributed by atoms with Gasteiger partial charge in [-0.25, -0.2) is 4.79 Å². The van der Waals surface area contributed by atoms with Crippen molar-refractivity contribution in [2.75, 3.05) is 0 Å². The molecular weight excluding hydrogens is 196 g/mol. The maximum absolute atomic E-state index is 11.7. The van der Waals surface area contributed by atoms with Crippen LogP contribution in [0.5, 0.6) is 0 Å². The van der Waals surface area contributed by atoms with Crippen molar-refractivity contribution >= 4 is 16.7 Å². The van der Waals surface area contributed by atoms with E-state index in [1.54, 1.807) is 6.07 Å². The number of nitrogens with zero attached hydrogens (tertiary/aromatic N) is 2. The summed E-state index contributed by atoms with van der Waals surface area (Å²) in [4.78, 5) is 26.4. The highest BCUT2D eigenvalue weighted by Crippen LogP contribution is 2.09. The van der Waals surface area contributed by atoms with Crippen molar-refractivity contribution in [2.45, 2.75) is 0 Å². The second-order valence-corrected chi connectivity index (χ2v) is 3.16. The van der Waals surface area contributed by atoms with Gasteiger partial charge in [-0.1, -0.05) is 0 Å². The van der Waals surface area contributed by atoms with E-state index in [4.69, 9.17) is 5.11 Å². The van der Waals surface area contributed by atoms with Crippen LogP contribution in [-0.2, 0) is 7.05 Å². The zero-order valence-corrected chi connectivity index (χ0v) is 7.97. The van der Waals surface area contributed by atoms with Crippen LogP contribution >= 0.6 is 0 Å². The normalized spacial score (nSPS) is 10.5. The molecule has 0 bridgehead atoms. The quantitative estimate of drug-likeness (QED) is 0.739. The minimum Gasteiger partial charge on any atom is -0.477 e. The predicted molar refractivity (Wildman–Crippen MR) is 53.9 cm³/mol. The molecule has 2 aromatic rings. The second kappa shape index (κ2) is 3.20. The average Bonchev–Trinajstić information content (AvgIpc) is 2.23. The zero-order valence-electron chi connectivity index (χ0n) is 7.97. The van der Waals surface area contributed by atoms with Gasteiger partial charge in [-0.15, -0.1) is 0 Å². The van der Waals surface area contributed by atoms with Crippen LogP contribution in [0.1, 0.15) is 10.5 Å². The van der Waals surface area contributed by atoms with Gasteiger partial charge >= 0.3 is 5.97 Å². The molecule has 15 heavy (non-hydrogen) atoms. The van der Waals surface area contributed by atoms with Crippen LogP contribution in [0, 0.1) is 0 Å². The Morgan fingerprint density at radius 3 is 2.93 bits per heavy atom. The summed E-state index contributed by atoms with van der Waals surface area (Å²) in [6.45, 7) is 0. The molecule has 0 aliphatic rings. The summed E-state index contributed by atoms with van der Waals surface area (Å²) in [5.41, 5.74) is -0.368. The highest BCUT2D eigenvalue weighted by Gasteiger charge is 2.11. The van der Waals surface area contributed by atoms with Crippen molar-refractivity contribution < 1.29 is 9.90 Å². The fraction of sp³-hybridized carbons (Fsp3) is 0.100. The van der Waals surface area contributed by atoms with Gasteiger partial charge in [0.2, 0.25) is 0 Å². The molecule has 0 fully saturated rings. The van der Waals surface area contributed by atoms with E-state index in [0.29, 0.717) is 10.8 Å². The smallest absolute Gasteiger partial charge is 0.352 e. The molecule has 0 atom stereocenters. The van der Waals surface area contributed by atoms with Crippen LogP contribution in [0.4, 0.5) is 0 Å². The van der Waals surface area contributed by atoms with E-state index in [2.05, 4.69) is 4.98 Å². The molecule has 0 saturated heterocycles. The molecule has 0 amide bonds. The van der Waals surface area contributed by atoms with E-state index in [9.17, 15) is 9.59 Å². The molecule has 0 saturated carbocycles. The first-order valence-electron chi connectivity index (χ1n) is 4.28. The van der Waals surface area contributed by atoms with Gasteiger partial charge in [0.15, 0.2) is 0 Å². The average molecular weight is 204 g/mol. The summed E-state index contributed by atoms with van der Waals surface area (Å²) >= 11 is 0. The molecular formula is C10H8N2O3. The Labute approximate surface area is 84.6 Å².